The second-order valence-corrected chi connectivity index (χ2v) is 6.11. The van der Waals surface area contributed by atoms with Crippen LogP contribution in [0.5, 0.6) is 0 Å². The molecular weight excluding hydrogens is 227 g/mol. The number of H-pyrrole nitrogens is 1. The lowest BCUT2D eigenvalue weighted by Crippen LogP contribution is -2.09. The Kier molecular flexibility index (Phi) is 4.71. The second-order valence-electron chi connectivity index (χ2n) is 4.15. The van der Waals surface area contributed by atoms with Gasteiger partial charge in [0.05, 0.1) is 24.7 Å². The Bertz CT molecular complexity index is 335. The fourth-order valence-corrected chi connectivity index (χ4v) is 3.40. The molecule has 1 aromatic rings. The van der Waals surface area contributed by atoms with Crippen molar-refractivity contribution < 1.29 is 13.6 Å². The summed E-state index contributed by atoms with van der Waals surface area (Å²) in [6.07, 6.45) is 3.13. The highest BCUT2D eigenvalue weighted by molar-refractivity contribution is 7.53. The van der Waals surface area contributed by atoms with Gasteiger partial charge in [0.25, 0.3) is 0 Å². The number of aromatic amines is 1. The van der Waals surface area contributed by atoms with Crippen LogP contribution in [0.3, 0.4) is 0 Å². The topological polar surface area (TPSA) is 64.2 Å². The molecule has 5 nitrogen and oxygen atoms in total. The van der Waals surface area contributed by atoms with E-state index >= 15 is 0 Å². The minimum atomic E-state index is -3.09. The Hall–Kier alpha value is -0.640. The average molecular weight is 246 g/mol. The molecule has 1 aromatic heterocycles. The summed E-state index contributed by atoms with van der Waals surface area (Å²) >= 11 is 0. The van der Waals surface area contributed by atoms with Crippen LogP contribution in [0.1, 0.15) is 33.4 Å². The quantitative estimate of drug-likeness (QED) is 0.784. The van der Waals surface area contributed by atoms with E-state index in [4.69, 9.17) is 9.05 Å². The van der Waals surface area contributed by atoms with Crippen molar-refractivity contribution in [3.05, 3.63) is 18.2 Å². The maximum atomic E-state index is 12.4. The van der Waals surface area contributed by atoms with Gasteiger partial charge >= 0.3 is 7.60 Å². The van der Waals surface area contributed by atoms with Gasteiger partial charge in [0.1, 0.15) is 0 Å². The van der Waals surface area contributed by atoms with Crippen LogP contribution in [-0.4, -0.2) is 22.2 Å². The molecule has 0 unspecified atom stereocenters. The van der Waals surface area contributed by atoms with Crippen molar-refractivity contribution in [1.29, 1.82) is 0 Å². The van der Waals surface area contributed by atoms with Crippen molar-refractivity contribution in [1.82, 2.24) is 9.97 Å². The minimum absolute atomic E-state index is 0.132. The third-order valence-electron chi connectivity index (χ3n) is 1.66. The summed E-state index contributed by atoms with van der Waals surface area (Å²) in [5.74, 6) is 0. The average Bonchev–Trinajstić information content (AvgIpc) is 2.51. The first-order chi connectivity index (χ1) is 7.41. The molecule has 0 radical (unpaired) electrons. The van der Waals surface area contributed by atoms with Gasteiger partial charge in [-0.05, 0) is 27.7 Å². The Morgan fingerprint density at radius 2 is 1.88 bits per heavy atom. The molecule has 0 aromatic carbocycles. The molecule has 0 spiro atoms. The van der Waals surface area contributed by atoms with Gasteiger partial charge in [0.15, 0.2) is 0 Å². The number of nitrogens with one attached hydrogen (secondary N) is 1. The molecule has 0 amide bonds. The Labute approximate surface area is 96.1 Å². The first kappa shape index (κ1) is 13.4. The van der Waals surface area contributed by atoms with Crippen LogP contribution in [0.4, 0.5) is 0 Å². The summed E-state index contributed by atoms with van der Waals surface area (Å²) in [7, 11) is -3.09. The lowest BCUT2D eigenvalue weighted by molar-refractivity contribution is 0.141. The zero-order chi connectivity index (χ0) is 12.2. The van der Waals surface area contributed by atoms with Gasteiger partial charge in [0, 0.05) is 11.9 Å². The van der Waals surface area contributed by atoms with Crippen LogP contribution in [0, 0.1) is 0 Å². The number of aromatic nitrogens is 2. The standard InChI is InChI=1S/C10H19N2O3P/c1-8(2)14-16(13,15-9(3)4)6-10-5-11-7-12-10/h5,7-9H,6H2,1-4H3,(H,11,12). The molecule has 0 aliphatic carbocycles. The molecule has 0 saturated heterocycles. The fraction of sp³-hybridized carbons (Fsp3) is 0.700. The van der Waals surface area contributed by atoms with E-state index in [0.717, 1.165) is 5.69 Å². The van der Waals surface area contributed by atoms with E-state index in [1.54, 1.807) is 12.5 Å². The van der Waals surface area contributed by atoms with Gasteiger partial charge in [-0.15, -0.1) is 0 Å². The first-order valence-electron chi connectivity index (χ1n) is 5.34. The Morgan fingerprint density at radius 1 is 1.31 bits per heavy atom. The summed E-state index contributed by atoms with van der Waals surface area (Å²) in [5, 5.41) is 0. The predicted molar refractivity (Wildman–Crippen MR) is 62.3 cm³/mol. The fourth-order valence-electron chi connectivity index (χ4n) is 1.32. The second kappa shape index (κ2) is 5.62. The van der Waals surface area contributed by atoms with Gasteiger partial charge in [0.2, 0.25) is 0 Å². The monoisotopic (exact) mass is 246 g/mol. The van der Waals surface area contributed by atoms with E-state index in [-0.39, 0.29) is 18.4 Å². The molecular formula is C10H19N2O3P. The predicted octanol–water partition coefficient (Wildman–Crippen LogP) is 2.95. The van der Waals surface area contributed by atoms with Crippen LogP contribution in [0.2, 0.25) is 0 Å². The number of hydrogen-bond acceptors (Lipinski definition) is 4. The van der Waals surface area contributed by atoms with E-state index in [0.29, 0.717) is 0 Å². The van der Waals surface area contributed by atoms with Crippen molar-refractivity contribution in [2.75, 3.05) is 0 Å². The number of imidazole rings is 1. The molecule has 92 valence electrons. The first-order valence-corrected chi connectivity index (χ1v) is 7.07. The van der Waals surface area contributed by atoms with Crippen LogP contribution in [0.25, 0.3) is 0 Å². The molecule has 0 aliphatic rings. The van der Waals surface area contributed by atoms with Gasteiger partial charge in [-0.2, -0.15) is 0 Å². The molecule has 6 heteroatoms. The zero-order valence-corrected chi connectivity index (χ0v) is 11.0. The van der Waals surface area contributed by atoms with Crippen LogP contribution in [0.15, 0.2) is 12.5 Å². The van der Waals surface area contributed by atoms with Crippen LogP contribution in [-0.2, 0) is 19.8 Å². The van der Waals surface area contributed by atoms with E-state index < -0.39 is 7.60 Å². The molecule has 1 heterocycles. The Morgan fingerprint density at radius 3 is 2.25 bits per heavy atom. The largest absolute Gasteiger partial charge is 0.348 e. The highest BCUT2D eigenvalue weighted by Crippen LogP contribution is 2.53. The van der Waals surface area contributed by atoms with E-state index in [2.05, 4.69) is 9.97 Å². The smallest absolute Gasteiger partial charge is 0.337 e. The van der Waals surface area contributed by atoms with E-state index in [1.807, 2.05) is 27.7 Å². The molecule has 0 aliphatic heterocycles. The molecule has 1 rings (SSSR count). The third kappa shape index (κ3) is 4.47. The molecule has 0 atom stereocenters. The van der Waals surface area contributed by atoms with E-state index in [1.165, 1.54) is 0 Å². The van der Waals surface area contributed by atoms with Crippen molar-refractivity contribution in [3.8, 4) is 0 Å². The van der Waals surface area contributed by atoms with Crippen molar-refractivity contribution >= 4 is 7.60 Å². The highest BCUT2D eigenvalue weighted by atomic mass is 31.2. The summed E-state index contributed by atoms with van der Waals surface area (Å²) < 4.78 is 23.2. The lowest BCUT2D eigenvalue weighted by atomic mass is 10.5. The lowest BCUT2D eigenvalue weighted by Gasteiger charge is -2.22. The van der Waals surface area contributed by atoms with Crippen LogP contribution >= 0.6 is 7.60 Å². The third-order valence-corrected chi connectivity index (χ3v) is 3.88. The zero-order valence-electron chi connectivity index (χ0n) is 10.1. The molecule has 0 bridgehead atoms. The normalized spacial score (nSPS) is 12.6. The van der Waals surface area contributed by atoms with Crippen LogP contribution < -0.4 is 0 Å². The summed E-state index contributed by atoms with van der Waals surface area (Å²) in [6, 6.07) is 0. The van der Waals surface area contributed by atoms with Gasteiger partial charge in [-0.1, -0.05) is 0 Å². The number of hydrogen-bond donors (Lipinski definition) is 1. The highest BCUT2D eigenvalue weighted by Gasteiger charge is 2.28. The summed E-state index contributed by atoms with van der Waals surface area (Å²) in [4.78, 5) is 6.77. The minimum Gasteiger partial charge on any atom is -0.348 e. The molecule has 0 fully saturated rings. The Balaban J connectivity index is 2.74. The SMILES string of the molecule is CC(C)OP(=O)(Cc1cnc[nH]1)OC(C)C. The summed E-state index contributed by atoms with van der Waals surface area (Å²) in [5.41, 5.74) is 0.754. The van der Waals surface area contributed by atoms with Crippen molar-refractivity contribution in [2.24, 2.45) is 0 Å². The number of rotatable bonds is 6. The number of nitrogens with zero attached hydrogens (tertiary/aromatic N) is 1. The molecule has 1 N–H and O–H groups in total. The molecule has 16 heavy (non-hydrogen) atoms. The van der Waals surface area contributed by atoms with E-state index in [9.17, 15) is 4.57 Å². The van der Waals surface area contributed by atoms with Gasteiger partial charge in [-0.3, -0.25) is 4.57 Å². The molecule has 0 saturated carbocycles. The van der Waals surface area contributed by atoms with Crippen molar-refractivity contribution in [2.45, 2.75) is 46.1 Å². The summed E-state index contributed by atoms with van der Waals surface area (Å²) in [6.45, 7) is 7.35. The van der Waals surface area contributed by atoms with Gasteiger partial charge < -0.3 is 14.0 Å². The maximum Gasteiger partial charge on any atom is 0.337 e. The van der Waals surface area contributed by atoms with Gasteiger partial charge in [-0.25, -0.2) is 4.98 Å². The van der Waals surface area contributed by atoms with Crippen molar-refractivity contribution in [3.63, 3.8) is 0 Å². The maximum absolute atomic E-state index is 12.4.